The Bertz CT molecular complexity index is 275. The third-order valence-corrected chi connectivity index (χ3v) is 6.59. The third kappa shape index (κ3) is 3.31. The summed E-state index contributed by atoms with van der Waals surface area (Å²) in [5.74, 6) is 0. The van der Waals surface area contributed by atoms with Gasteiger partial charge in [0.1, 0.15) is 0 Å². The normalized spacial score (nSPS) is 36.0. The summed E-state index contributed by atoms with van der Waals surface area (Å²) in [5, 5.41) is 0. The van der Waals surface area contributed by atoms with Crippen LogP contribution in [0.2, 0.25) is 6.04 Å². The SMILES string of the molecule is CCC[N+](C)(C)CCC[Si]12OCC([NH3+])(CO1)CO2. The summed E-state index contributed by atoms with van der Waals surface area (Å²) in [6.07, 6.45) is 2.34. The molecule has 3 saturated heterocycles. The highest BCUT2D eigenvalue weighted by Gasteiger charge is 2.56. The molecule has 3 aliphatic rings. The lowest BCUT2D eigenvalue weighted by Crippen LogP contribution is -2.86. The van der Waals surface area contributed by atoms with Crippen LogP contribution in [0.15, 0.2) is 0 Å². The van der Waals surface area contributed by atoms with Crippen LogP contribution >= 0.6 is 0 Å². The Kier molecular flexibility index (Phi) is 4.16. The van der Waals surface area contributed by atoms with Crippen LogP contribution in [0.1, 0.15) is 19.8 Å². The maximum atomic E-state index is 5.87. The van der Waals surface area contributed by atoms with Crippen molar-refractivity contribution in [3.63, 3.8) is 0 Å². The zero-order valence-corrected chi connectivity index (χ0v) is 13.0. The smallest absolute Gasteiger partial charge is 0.367 e. The first kappa shape index (κ1) is 14.4. The van der Waals surface area contributed by atoms with Crippen LogP contribution in [0.25, 0.3) is 0 Å². The minimum absolute atomic E-state index is 0.147. The van der Waals surface area contributed by atoms with Crippen LogP contribution in [-0.4, -0.2) is 65.8 Å². The van der Waals surface area contributed by atoms with Gasteiger partial charge in [0.25, 0.3) is 0 Å². The summed E-state index contributed by atoms with van der Waals surface area (Å²) < 4.78 is 18.7. The molecule has 2 bridgehead atoms. The quantitative estimate of drug-likeness (QED) is 0.543. The molecule has 0 amide bonds. The fourth-order valence-electron chi connectivity index (χ4n) is 2.70. The second-order valence-electron chi connectivity index (χ2n) is 6.54. The topological polar surface area (TPSA) is 55.3 Å². The van der Waals surface area contributed by atoms with Gasteiger partial charge in [-0.05, 0) is 6.42 Å². The van der Waals surface area contributed by atoms with Gasteiger partial charge in [-0.15, -0.1) is 0 Å². The zero-order chi connectivity index (χ0) is 13.3. The Morgan fingerprint density at radius 3 is 2.17 bits per heavy atom. The Labute approximate surface area is 111 Å². The first-order chi connectivity index (χ1) is 8.39. The number of nitrogens with zero attached hydrogens (tertiary/aromatic N) is 1. The molecule has 0 aliphatic carbocycles. The third-order valence-electron chi connectivity index (χ3n) is 3.87. The molecule has 5 nitrogen and oxygen atoms in total. The maximum Gasteiger partial charge on any atom is 0.501 e. The van der Waals surface area contributed by atoms with Crippen LogP contribution in [0, 0.1) is 0 Å². The molecule has 3 rings (SSSR count). The number of hydrogen-bond donors (Lipinski definition) is 1. The van der Waals surface area contributed by atoms with Crippen molar-refractivity contribution < 1.29 is 23.5 Å². The van der Waals surface area contributed by atoms with E-state index in [2.05, 4.69) is 26.8 Å². The van der Waals surface area contributed by atoms with E-state index < -0.39 is 8.80 Å². The molecule has 18 heavy (non-hydrogen) atoms. The number of hydrogen-bond acceptors (Lipinski definition) is 3. The van der Waals surface area contributed by atoms with Gasteiger partial charge in [-0.3, -0.25) is 0 Å². The minimum Gasteiger partial charge on any atom is -0.367 e. The minimum atomic E-state index is -2.31. The van der Waals surface area contributed by atoms with Crippen molar-refractivity contribution in [3.05, 3.63) is 0 Å². The van der Waals surface area contributed by atoms with E-state index in [0.717, 1.165) is 23.5 Å². The zero-order valence-electron chi connectivity index (χ0n) is 12.0. The lowest BCUT2D eigenvalue weighted by molar-refractivity contribution is -0.890. The highest BCUT2D eigenvalue weighted by atomic mass is 28.4. The van der Waals surface area contributed by atoms with Gasteiger partial charge in [-0.25, -0.2) is 0 Å². The number of quaternary nitrogens is 2. The van der Waals surface area contributed by atoms with Crippen molar-refractivity contribution in [1.82, 2.24) is 0 Å². The number of rotatable bonds is 6. The van der Waals surface area contributed by atoms with Crippen LogP contribution in [0.3, 0.4) is 0 Å². The highest BCUT2D eigenvalue weighted by Crippen LogP contribution is 2.30. The molecule has 106 valence electrons. The van der Waals surface area contributed by atoms with E-state index in [-0.39, 0.29) is 5.54 Å². The van der Waals surface area contributed by atoms with E-state index in [0.29, 0.717) is 19.8 Å². The summed E-state index contributed by atoms with van der Waals surface area (Å²) in [7, 11) is 2.26. The summed E-state index contributed by atoms with van der Waals surface area (Å²) in [4.78, 5) is 0. The molecule has 6 heteroatoms. The Balaban J connectivity index is 1.77. The summed E-state index contributed by atoms with van der Waals surface area (Å²) >= 11 is 0. The summed E-state index contributed by atoms with van der Waals surface area (Å²) in [6.45, 7) is 6.76. The monoisotopic (exact) mass is 276 g/mol. The molecule has 0 atom stereocenters. The molecule has 0 saturated carbocycles. The molecule has 3 fully saturated rings. The average Bonchev–Trinajstić information content (AvgIpc) is 2.31. The van der Waals surface area contributed by atoms with Gasteiger partial charge in [0, 0.05) is 12.5 Å². The van der Waals surface area contributed by atoms with Gasteiger partial charge in [-0.1, -0.05) is 6.92 Å². The lowest BCUT2D eigenvalue weighted by Gasteiger charge is -2.46. The maximum absolute atomic E-state index is 5.87. The van der Waals surface area contributed by atoms with E-state index in [1.54, 1.807) is 0 Å². The molecular weight excluding hydrogens is 248 g/mol. The first-order valence-corrected chi connectivity index (χ1v) is 8.91. The summed E-state index contributed by atoms with van der Waals surface area (Å²) in [5.41, 5.74) is 3.96. The fraction of sp³-hybridized carbons (Fsp3) is 1.00. The fourth-order valence-corrected chi connectivity index (χ4v) is 5.55. The Morgan fingerprint density at radius 1 is 1.11 bits per heavy atom. The highest BCUT2D eigenvalue weighted by molar-refractivity contribution is 6.61. The summed E-state index contributed by atoms with van der Waals surface area (Å²) in [6, 6.07) is 0.953. The standard InChI is InChI=1S/C12H27N2O3Si/c1-4-6-14(2,3)7-5-8-18-15-9-12(13,10-16-18)11-17-18/h4-11,13H2,1-3H3/q+1/p+1. The molecule has 0 radical (unpaired) electrons. The van der Waals surface area contributed by atoms with Crippen molar-refractivity contribution in [3.8, 4) is 0 Å². The van der Waals surface area contributed by atoms with Gasteiger partial charge in [0.05, 0.1) is 47.0 Å². The molecule has 0 aromatic carbocycles. The molecule has 0 unspecified atom stereocenters. The van der Waals surface area contributed by atoms with E-state index in [9.17, 15) is 0 Å². The van der Waals surface area contributed by atoms with Crippen LogP contribution in [-0.2, 0) is 13.3 Å². The van der Waals surface area contributed by atoms with E-state index in [1.807, 2.05) is 0 Å². The molecule has 0 spiro atoms. The van der Waals surface area contributed by atoms with Crippen molar-refractivity contribution in [1.29, 1.82) is 0 Å². The molecular formula is C12H28N2O3Si+2. The molecule has 0 aromatic heterocycles. The van der Waals surface area contributed by atoms with Gasteiger partial charge in [0.15, 0.2) is 5.54 Å². The van der Waals surface area contributed by atoms with Gasteiger partial charge in [-0.2, -0.15) is 0 Å². The largest absolute Gasteiger partial charge is 0.501 e. The second-order valence-corrected chi connectivity index (χ2v) is 9.27. The predicted octanol–water partition coefficient (Wildman–Crippen LogP) is -0.140. The molecule has 3 aliphatic heterocycles. The van der Waals surface area contributed by atoms with Crippen LogP contribution in [0.4, 0.5) is 0 Å². The van der Waals surface area contributed by atoms with E-state index in [1.165, 1.54) is 13.0 Å². The average molecular weight is 276 g/mol. The first-order valence-electron chi connectivity index (χ1n) is 6.98. The Morgan fingerprint density at radius 2 is 1.67 bits per heavy atom. The van der Waals surface area contributed by atoms with Crippen molar-refractivity contribution in [2.45, 2.75) is 31.3 Å². The van der Waals surface area contributed by atoms with Crippen molar-refractivity contribution in [2.24, 2.45) is 0 Å². The van der Waals surface area contributed by atoms with E-state index in [4.69, 9.17) is 13.3 Å². The van der Waals surface area contributed by atoms with Gasteiger partial charge < -0.3 is 23.5 Å². The van der Waals surface area contributed by atoms with Crippen LogP contribution in [0.5, 0.6) is 0 Å². The molecule has 3 N–H and O–H groups in total. The molecule has 0 aromatic rings. The van der Waals surface area contributed by atoms with Crippen LogP contribution < -0.4 is 5.73 Å². The van der Waals surface area contributed by atoms with Gasteiger partial charge >= 0.3 is 8.80 Å². The van der Waals surface area contributed by atoms with E-state index >= 15 is 0 Å². The predicted molar refractivity (Wildman–Crippen MR) is 70.8 cm³/mol. The second kappa shape index (κ2) is 5.18. The van der Waals surface area contributed by atoms with Crippen molar-refractivity contribution >= 4 is 8.80 Å². The van der Waals surface area contributed by atoms with Gasteiger partial charge in [0.2, 0.25) is 0 Å². The lowest BCUT2D eigenvalue weighted by atomic mass is 10.1. The molecule has 3 heterocycles. The Hall–Kier alpha value is 0.0169. The number of fused-ring (bicyclic) bond motifs is 3. The van der Waals surface area contributed by atoms with Crippen molar-refractivity contribution in [2.75, 3.05) is 47.0 Å².